The van der Waals surface area contributed by atoms with Crippen LogP contribution in [0, 0.1) is 0 Å². The summed E-state index contributed by atoms with van der Waals surface area (Å²) in [4.78, 5) is 38.7. The summed E-state index contributed by atoms with van der Waals surface area (Å²) in [6.45, 7) is 3.24. The van der Waals surface area contributed by atoms with Crippen LogP contribution in [0.2, 0.25) is 5.02 Å². The first kappa shape index (κ1) is 27.0. The van der Waals surface area contributed by atoms with Gasteiger partial charge in [-0.2, -0.15) is 0 Å². The van der Waals surface area contributed by atoms with Crippen molar-refractivity contribution in [2.45, 2.75) is 83.6 Å². The average molecular weight is 480 g/mol. The Kier molecular flexibility index (Phi) is 12.7. The second kappa shape index (κ2) is 15.5. The SMILES string of the molecule is CCCCCCCCCCCCOC(=O)CC1C(=O)NCCN1C(=O)Nc1ccc(Cl)cc1. The number of piperazine rings is 1. The highest BCUT2D eigenvalue weighted by molar-refractivity contribution is 6.30. The lowest BCUT2D eigenvalue weighted by Gasteiger charge is -2.34. The Morgan fingerprint density at radius 3 is 2.27 bits per heavy atom. The molecule has 0 aromatic heterocycles. The number of anilines is 1. The molecule has 1 saturated heterocycles. The fourth-order valence-corrected chi connectivity index (χ4v) is 4.01. The standard InChI is InChI=1S/C25H38ClN3O4/c1-2-3-4-5-6-7-8-9-10-11-18-33-23(30)19-22-24(31)27-16-17-29(22)25(32)28-21-14-12-20(26)13-15-21/h12-15,22H,2-11,16-19H2,1H3,(H,27,31)(H,28,32). The van der Waals surface area contributed by atoms with Crippen molar-refractivity contribution >= 4 is 35.2 Å². The molecule has 33 heavy (non-hydrogen) atoms. The van der Waals surface area contributed by atoms with Gasteiger partial charge in [-0.25, -0.2) is 4.79 Å². The largest absolute Gasteiger partial charge is 0.466 e. The van der Waals surface area contributed by atoms with Gasteiger partial charge in [0.2, 0.25) is 5.91 Å². The number of carbonyl (C=O) groups excluding carboxylic acids is 3. The monoisotopic (exact) mass is 479 g/mol. The molecule has 184 valence electrons. The van der Waals surface area contributed by atoms with Gasteiger partial charge in [-0.15, -0.1) is 0 Å². The lowest BCUT2D eigenvalue weighted by molar-refractivity contribution is -0.147. The number of ether oxygens (including phenoxy) is 1. The number of halogens is 1. The molecule has 0 bridgehead atoms. The zero-order valence-electron chi connectivity index (χ0n) is 19.7. The third-order valence-corrected chi connectivity index (χ3v) is 6.06. The second-order valence-electron chi connectivity index (χ2n) is 8.54. The molecule has 0 radical (unpaired) electrons. The van der Waals surface area contributed by atoms with Gasteiger partial charge in [0.05, 0.1) is 13.0 Å². The van der Waals surface area contributed by atoms with Gasteiger partial charge < -0.3 is 20.3 Å². The number of unbranched alkanes of at least 4 members (excludes halogenated alkanes) is 9. The van der Waals surface area contributed by atoms with Crippen molar-refractivity contribution in [2.75, 3.05) is 25.0 Å². The predicted octanol–water partition coefficient (Wildman–Crippen LogP) is 5.53. The summed E-state index contributed by atoms with van der Waals surface area (Å²) in [7, 11) is 0. The Morgan fingerprint density at radius 2 is 1.64 bits per heavy atom. The number of nitrogens with one attached hydrogen (secondary N) is 2. The summed E-state index contributed by atoms with van der Waals surface area (Å²) in [6, 6.07) is 5.39. The Morgan fingerprint density at radius 1 is 1.03 bits per heavy atom. The molecular weight excluding hydrogens is 442 g/mol. The molecule has 2 N–H and O–H groups in total. The lowest BCUT2D eigenvalue weighted by atomic mass is 10.1. The molecule has 1 fully saturated rings. The van der Waals surface area contributed by atoms with Crippen molar-refractivity contribution in [3.63, 3.8) is 0 Å². The summed E-state index contributed by atoms with van der Waals surface area (Å²) >= 11 is 5.87. The molecule has 1 atom stereocenters. The zero-order chi connectivity index (χ0) is 23.9. The average Bonchev–Trinajstić information content (AvgIpc) is 2.80. The van der Waals surface area contributed by atoms with Gasteiger partial charge in [0.1, 0.15) is 6.04 Å². The van der Waals surface area contributed by atoms with E-state index in [0.717, 1.165) is 19.3 Å². The Bertz CT molecular complexity index is 742. The van der Waals surface area contributed by atoms with Crippen molar-refractivity contribution in [1.29, 1.82) is 0 Å². The number of carbonyl (C=O) groups is 3. The van der Waals surface area contributed by atoms with E-state index in [1.165, 1.54) is 49.8 Å². The molecule has 1 aliphatic heterocycles. The van der Waals surface area contributed by atoms with Crippen LogP contribution in [0.15, 0.2) is 24.3 Å². The summed E-state index contributed by atoms with van der Waals surface area (Å²) < 4.78 is 5.33. The molecule has 7 nitrogen and oxygen atoms in total. The van der Waals surface area contributed by atoms with E-state index < -0.39 is 18.0 Å². The first-order chi connectivity index (χ1) is 16.0. The first-order valence-electron chi connectivity index (χ1n) is 12.3. The molecule has 8 heteroatoms. The van der Waals surface area contributed by atoms with Crippen molar-refractivity contribution in [3.05, 3.63) is 29.3 Å². The smallest absolute Gasteiger partial charge is 0.322 e. The molecule has 3 amide bonds. The van der Waals surface area contributed by atoms with E-state index >= 15 is 0 Å². The maximum atomic E-state index is 12.7. The number of benzene rings is 1. The number of esters is 1. The van der Waals surface area contributed by atoms with Crippen molar-refractivity contribution in [2.24, 2.45) is 0 Å². The topological polar surface area (TPSA) is 87.7 Å². The molecule has 2 rings (SSSR count). The van der Waals surface area contributed by atoms with Crippen LogP contribution < -0.4 is 10.6 Å². The molecule has 0 spiro atoms. The van der Waals surface area contributed by atoms with Crippen molar-refractivity contribution in [3.8, 4) is 0 Å². The number of urea groups is 1. The molecule has 0 saturated carbocycles. The Hall–Kier alpha value is -2.28. The molecular formula is C25H38ClN3O4. The lowest BCUT2D eigenvalue weighted by Crippen LogP contribution is -2.58. The minimum Gasteiger partial charge on any atom is -0.466 e. The van der Waals surface area contributed by atoms with Crippen LogP contribution in [0.25, 0.3) is 0 Å². The normalized spacial score (nSPS) is 15.8. The molecule has 1 aliphatic rings. The van der Waals surface area contributed by atoms with E-state index in [0.29, 0.717) is 30.4 Å². The minimum atomic E-state index is -0.883. The van der Waals surface area contributed by atoms with E-state index in [1.54, 1.807) is 24.3 Å². The van der Waals surface area contributed by atoms with E-state index in [-0.39, 0.29) is 12.3 Å². The van der Waals surface area contributed by atoms with Gasteiger partial charge in [0.15, 0.2) is 0 Å². The summed E-state index contributed by atoms with van der Waals surface area (Å²) in [5.74, 6) is -0.805. The minimum absolute atomic E-state index is 0.155. The van der Waals surface area contributed by atoms with Crippen LogP contribution in [0.3, 0.4) is 0 Å². The highest BCUT2D eigenvalue weighted by atomic mass is 35.5. The van der Waals surface area contributed by atoms with Gasteiger partial charge >= 0.3 is 12.0 Å². The highest BCUT2D eigenvalue weighted by Gasteiger charge is 2.35. The van der Waals surface area contributed by atoms with Gasteiger partial charge in [0.25, 0.3) is 0 Å². The molecule has 1 aromatic carbocycles. The van der Waals surface area contributed by atoms with Crippen LogP contribution >= 0.6 is 11.6 Å². The fourth-order valence-electron chi connectivity index (χ4n) is 3.88. The van der Waals surface area contributed by atoms with Crippen molar-refractivity contribution < 1.29 is 19.1 Å². The van der Waals surface area contributed by atoms with E-state index in [2.05, 4.69) is 17.6 Å². The third-order valence-electron chi connectivity index (χ3n) is 5.81. The number of amides is 3. The number of hydrogen-bond acceptors (Lipinski definition) is 4. The number of rotatable bonds is 14. The fraction of sp³-hybridized carbons (Fsp3) is 0.640. The van der Waals surface area contributed by atoms with Gasteiger partial charge in [-0.05, 0) is 30.7 Å². The number of nitrogens with zero attached hydrogens (tertiary/aromatic N) is 1. The molecule has 1 aromatic rings. The summed E-state index contributed by atoms with van der Waals surface area (Å²) in [5, 5.41) is 6.03. The first-order valence-corrected chi connectivity index (χ1v) is 12.7. The predicted molar refractivity (Wildman–Crippen MR) is 131 cm³/mol. The van der Waals surface area contributed by atoms with Crippen molar-refractivity contribution in [1.82, 2.24) is 10.2 Å². The van der Waals surface area contributed by atoms with Crippen LogP contribution in [0.1, 0.15) is 77.6 Å². The maximum Gasteiger partial charge on any atom is 0.322 e. The molecule has 1 unspecified atom stereocenters. The Labute approximate surface area is 202 Å². The third kappa shape index (κ3) is 10.5. The van der Waals surface area contributed by atoms with Gasteiger partial charge in [-0.1, -0.05) is 76.3 Å². The van der Waals surface area contributed by atoms with Gasteiger partial charge in [-0.3, -0.25) is 9.59 Å². The molecule has 0 aliphatic carbocycles. The van der Waals surface area contributed by atoms with E-state index in [4.69, 9.17) is 16.3 Å². The summed E-state index contributed by atoms with van der Waals surface area (Å²) in [5.41, 5.74) is 0.567. The van der Waals surface area contributed by atoms with Crippen LogP contribution in [-0.2, 0) is 14.3 Å². The summed E-state index contributed by atoms with van der Waals surface area (Å²) in [6.07, 6.45) is 11.9. The highest BCUT2D eigenvalue weighted by Crippen LogP contribution is 2.17. The van der Waals surface area contributed by atoms with E-state index in [1.807, 2.05) is 0 Å². The second-order valence-corrected chi connectivity index (χ2v) is 8.98. The van der Waals surface area contributed by atoms with Crippen LogP contribution in [-0.4, -0.2) is 48.5 Å². The van der Waals surface area contributed by atoms with Crippen LogP contribution in [0.4, 0.5) is 10.5 Å². The number of hydrogen-bond donors (Lipinski definition) is 2. The Balaban J connectivity index is 1.66. The molecule has 1 heterocycles. The quantitative estimate of drug-likeness (QED) is 0.271. The van der Waals surface area contributed by atoms with Crippen LogP contribution in [0.5, 0.6) is 0 Å². The van der Waals surface area contributed by atoms with E-state index in [9.17, 15) is 14.4 Å². The zero-order valence-corrected chi connectivity index (χ0v) is 20.5. The van der Waals surface area contributed by atoms with Gasteiger partial charge in [0, 0.05) is 23.8 Å². The maximum absolute atomic E-state index is 12.7.